The van der Waals surface area contributed by atoms with E-state index in [9.17, 15) is 0 Å². The van der Waals surface area contributed by atoms with Crippen LogP contribution >= 0.6 is 0 Å². The molecular weight excluding hydrogens is 200 g/mol. The fraction of sp³-hybridized carbons (Fsp3) is 1.00. The van der Waals surface area contributed by atoms with E-state index in [0.29, 0.717) is 5.54 Å². The van der Waals surface area contributed by atoms with E-state index in [-0.39, 0.29) is 0 Å². The van der Waals surface area contributed by atoms with Gasteiger partial charge >= 0.3 is 0 Å². The zero-order valence-electron chi connectivity index (χ0n) is 11.2. The second-order valence-corrected chi connectivity index (χ2v) is 5.37. The van der Waals surface area contributed by atoms with Gasteiger partial charge in [-0.15, -0.1) is 0 Å². The van der Waals surface area contributed by atoms with E-state index in [1.54, 1.807) is 0 Å². The van der Waals surface area contributed by atoms with Crippen LogP contribution in [0.4, 0.5) is 0 Å². The fourth-order valence-electron chi connectivity index (χ4n) is 2.27. The fourth-order valence-corrected chi connectivity index (χ4v) is 2.27. The quantitative estimate of drug-likeness (QED) is 0.673. The number of hydrogen-bond donors (Lipinski definition) is 1. The van der Waals surface area contributed by atoms with Crippen molar-refractivity contribution >= 4 is 0 Å². The summed E-state index contributed by atoms with van der Waals surface area (Å²) in [4.78, 5) is 2.50. The highest BCUT2D eigenvalue weighted by atomic mass is 16.5. The molecule has 0 spiro atoms. The molecule has 1 fully saturated rings. The van der Waals surface area contributed by atoms with Crippen LogP contribution in [0.3, 0.4) is 0 Å². The Kier molecular flexibility index (Phi) is 6.32. The summed E-state index contributed by atoms with van der Waals surface area (Å²) in [6, 6.07) is 0. The summed E-state index contributed by atoms with van der Waals surface area (Å²) in [5.41, 5.74) is 0.305. The van der Waals surface area contributed by atoms with Crippen molar-refractivity contribution in [2.24, 2.45) is 0 Å². The van der Waals surface area contributed by atoms with E-state index in [0.717, 1.165) is 32.8 Å². The highest BCUT2D eigenvalue weighted by Gasteiger charge is 2.15. The highest BCUT2D eigenvalue weighted by molar-refractivity contribution is 4.76. The van der Waals surface area contributed by atoms with Crippen molar-refractivity contribution in [1.82, 2.24) is 10.2 Å². The number of hydrogen-bond acceptors (Lipinski definition) is 3. The summed E-state index contributed by atoms with van der Waals surface area (Å²) in [5.74, 6) is 0. The molecule has 3 nitrogen and oxygen atoms in total. The Labute approximate surface area is 101 Å². The molecular formula is C13H28N2O. The number of ether oxygens (including phenoxy) is 1. The van der Waals surface area contributed by atoms with Gasteiger partial charge in [-0.25, -0.2) is 0 Å². The number of rotatable bonds is 7. The van der Waals surface area contributed by atoms with Crippen molar-refractivity contribution in [1.29, 1.82) is 0 Å². The van der Waals surface area contributed by atoms with Gasteiger partial charge in [0, 0.05) is 18.6 Å². The number of nitrogens with zero attached hydrogens (tertiary/aromatic N) is 1. The first-order valence-electron chi connectivity index (χ1n) is 6.69. The van der Waals surface area contributed by atoms with Crippen molar-refractivity contribution in [3.05, 3.63) is 0 Å². The molecule has 0 aromatic carbocycles. The van der Waals surface area contributed by atoms with Crippen molar-refractivity contribution in [2.45, 2.75) is 45.6 Å². The average molecular weight is 228 g/mol. The molecule has 3 heteroatoms. The second-order valence-electron chi connectivity index (χ2n) is 5.37. The number of morpholine rings is 1. The Balaban J connectivity index is 2.02. The van der Waals surface area contributed by atoms with Crippen LogP contribution in [0.1, 0.15) is 40.0 Å². The van der Waals surface area contributed by atoms with Gasteiger partial charge in [-0.3, -0.25) is 4.90 Å². The first-order valence-corrected chi connectivity index (χ1v) is 6.69. The molecule has 0 radical (unpaired) electrons. The zero-order valence-corrected chi connectivity index (χ0v) is 11.2. The van der Waals surface area contributed by atoms with Crippen molar-refractivity contribution in [3.63, 3.8) is 0 Å². The maximum atomic E-state index is 5.33. The lowest BCUT2D eigenvalue weighted by Crippen LogP contribution is -2.42. The molecule has 0 bridgehead atoms. The Morgan fingerprint density at radius 1 is 1.25 bits per heavy atom. The molecule has 0 unspecified atom stereocenters. The predicted molar refractivity (Wildman–Crippen MR) is 68.9 cm³/mol. The van der Waals surface area contributed by atoms with Crippen molar-refractivity contribution < 1.29 is 4.74 Å². The van der Waals surface area contributed by atoms with Crippen LogP contribution in [-0.4, -0.2) is 49.8 Å². The molecule has 1 saturated heterocycles. The maximum absolute atomic E-state index is 5.33. The van der Waals surface area contributed by atoms with Gasteiger partial charge in [-0.05, 0) is 39.8 Å². The topological polar surface area (TPSA) is 24.5 Å². The summed E-state index contributed by atoms with van der Waals surface area (Å²) in [6.45, 7) is 13.2. The molecule has 1 heterocycles. The summed E-state index contributed by atoms with van der Waals surface area (Å²) in [7, 11) is 0. The van der Waals surface area contributed by atoms with E-state index in [1.807, 2.05) is 0 Å². The van der Waals surface area contributed by atoms with Crippen LogP contribution in [0.5, 0.6) is 0 Å². The molecule has 0 aromatic rings. The van der Waals surface area contributed by atoms with Gasteiger partial charge < -0.3 is 10.1 Å². The molecule has 1 aliphatic rings. The number of nitrogens with one attached hydrogen (secondary N) is 1. The molecule has 0 saturated carbocycles. The summed E-state index contributed by atoms with van der Waals surface area (Å²) < 4.78 is 5.33. The molecule has 1 rings (SSSR count). The predicted octanol–water partition coefficient (Wildman–Crippen LogP) is 1.88. The lowest BCUT2D eigenvalue weighted by molar-refractivity contribution is 0.0372. The smallest absolute Gasteiger partial charge is 0.0594 e. The van der Waals surface area contributed by atoms with Crippen LogP contribution in [0.15, 0.2) is 0 Å². The maximum Gasteiger partial charge on any atom is 0.0594 e. The first kappa shape index (κ1) is 13.9. The molecule has 96 valence electrons. The minimum Gasteiger partial charge on any atom is -0.379 e. The SMILES string of the molecule is CCCC(C)(C)NCCCN1CCOCC1. The summed E-state index contributed by atoms with van der Waals surface area (Å²) in [5, 5.41) is 3.64. The standard InChI is InChI=1S/C13H28N2O/c1-4-6-13(2,3)14-7-5-8-15-9-11-16-12-10-15/h14H,4-12H2,1-3H3. The van der Waals surface area contributed by atoms with E-state index >= 15 is 0 Å². The third kappa shape index (κ3) is 5.83. The lowest BCUT2D eigenvalue weighted by Gasteiger charge is -2.29. The lowest BCUT2D eigenvalue weighted by atomic mass is 9.99. The van der Waals surface area contributed by atoms with E-state index in [4.69, 9.17) is 4.74 Å². The Bertz CT molecular complexity index is 177. The zero-order chi connectivity index (χ0) is 11.9. The van der Waals surface area contributed by atoms with E-state index in [1.165, 1.54) is 25.8 Å². The van der Waals surface area contributed by atoms with Gasteiger partial charge in [0.15, 0.2) is 0 Å². The van der Waals surface area contributed by atoms with Gasteiger partial charge in [0.25, 0.3) is 0 Å². The van der Waals surface area contributed by atoms with Crippen molar-refractivity contribution in [2.75, 3.05) is 39.4 Å². The largest absolute Gasteiger partial charge is 0.379 e. The minimum absolute atomic E-state index is 0.305. The monoisotopic (exact) mass is 228 g/mol. The third-order valence-corrected chi connectivity index (χ3v) is 3.23. The van der Waals surface area contributed by atoms with Gasteiger partial charge in [-0.1, -0.05) is 13.3 Å². The minimum atomic E-state index is 0.305. The van der Waals surface area contributed by atoms with Gasteiger partial charge in [0.1, 0.15) is 0 Å². The van der Waals surface area contributed by atoms with E-state index < -0.39 is 0 Å². The molecule has 0 aliphatic carbocycles. The normalized spacial score (nSPS) is 18.9. The third-order valence-electron chi connectivity index (χ3n) is 3.23. The molecule has 0 aromatic heterocycles. The van der Waals surface area contributed by atoms with Gasteiger partial charge in [0.2, 0.25) is 0 Å². The van der Waals surface area contributed by atoms with Gasteiger partial charge in [-0.2, -0.15) is 0 Å². The Morgan fingerprint density at radius 2 is 1.94 bits per heavy atom. The van der Waals surface area contributed by atoms with Gasteiger partial charge in [0.05, 0.1) is 13.2 Å². The van der Waals surface area contributed by atoms with E-state index in [2.05, 4.69) is 31.0 Å². The molecule has 1 aliphatic heterocycles. The van der Waals surface area contributed by atoms with Crippen LogP contribution < -0.4 is 5.32 Å². The van der Waals surface area contributed by atoms with Crippen LogP contribution in [-0.2, 0) is 4.74 Å². The van der Waals surface area contributed by atoms with Crippen molar-refractivity contribution in [3.8, 4) is 0 Å². The van der Waals surface area contributed by atoms with Crippen LogP contribution in [0, 0.1) is 0 Å². The second kappa shape index (κ2) is 7.25. The highest BCUT2D eigenvalue weighted by Crippen LogP contribution is 2.10. The van der Waals surface area contributed by atoms with Crippen LogP contribution in [0.2, 0.25) is 0 Å². The molecule has 16 heavy (non-hydrogen) atoms. The molecule has 0 atom stereocenters. The Morgan fingerprint density at radius 3 is 2.56 bits per heavy atom. The molecule has 1 N–H and O–H groups in total. The van der Waals surface area contributed by atoms with Crippen LogP contribution in [0.25, 0.3) is 0 Å². The first-order chi connectivity index (χ1) is 7.64. The average Bonchev–Trinajstić information content (AvgIpc) is 2.26. The Hall–Kier alpha value is -0.120. The summed E-state index contributed by atoms with van der Waals surface area (Å²) in [6.07, 6.45) is 3.75. The summed E-state index contributed by atoms with van der Waals surface area (Å²) >= 11 is 0. The molecule has 0 amide bonds.